The van der Waals surface area contributed by atoms with Crippen LogP contribution in [0.15, 0.2) is 11.6 Å². The molecule has 1 aliphatic carbocycles. The molecular formula is C9H16N2. The van der Waals surface area contributed by atoms with Crippen molar-refractivity contribution < 1.29 is 0 Å². The van der Waals surface area contributed by atoms with Crippen LogP contribution < -0.4 is 11.1 Å². The number of nitrogens with two attached hydrogens (primary N) is 1. The third-order valence-electron chi connectivity index (χ3n) is 2.99. The SMILES string of the molecule is NCC1CCC=C2CNCC21. The Bertz CT molecular complexity index is 174. The number of rotatable bonds is 1. The van der Waals surface area contributed by atoms with Crippen LogP contribution in [-0.4, -0.2) is 19.6 Å². The standard InChI is InChI=1S/C9H16N2/c10-4-7-2-1-3-8-5-11-6-9(7)8/h3,7,9,11H,1-2,4-6,10H2. The molecule has 3 N–H and O–H groups in total. The molecule has 0 aromatic heterocycles. The lowest BCUT2D eigenvalue weighted by atomic mass is 9.80. The van der Waals surface area contributed by atoms with Crippen molar-refractivity contribution in [2.24, 2.45) is 17.6 Å². The van der Waals surface area contributed by atoms with Gasteiger partial charge in [0.1, 0.15) is 0 Å². The summed E-state index contributed by atoms with van der Waals surface area (Å²) >= 11 is 0. The van der Waals surface area contributed by atoms with Crippen LogP contribution in [0, 0.1) is 11.8 Å². The minimum absolute atomic E-state index is 0.755. The molecule has 0 aromatic rings. The van der Waals surface area contributed by atoms with Gasteiger partial charge in [-0.3, -0.25) is 0 Å². The molecule has 62 valence electrons. The van der Waals surface area contributed by atoms with E-state index in [-0.39, 0.29) is 0 Å². The van der Waals surface area contributed by atoms with Gasteiger partial charge in [0.2, 0.25) is 0 Å². The van der Waals surface area contributed by atoms with Crippen molar-refractivity contribution in [1.82, 2.24) is 5.32 Å². The van der Waals surface area contributed by atoms with Crippen molar-refractivity contribution in [1.29, 1.82) is 0 Å². The number of fused-ring (bicyclic) bond motifs is 1. The molecular weight excluding hydrogens is 136 g/mol. The van der Waals surface area contributed by atoms with Gasteiger partial charge in [-0.2, -0.15) is 0 Å². The minimum Gasteiger partial charge on any atom is -0.330 e. The van der Waals surface area contributed by atoms with Crippen molar-refractivity contribution in [3.63, 3.8) is 0 Å². The van der Waals surface area contributed by atoms with E-state index in [1.165, 1.54) is 12.8 Å². The molecule has 2 atom stereocenters. The average molecular weight is 152 g/mol. The highest BCUT2D eigenvalue weighted by atomic mass is 14.9. The fourth-order valence-electron chi connectivity index (χ4n) is 2.29. The Balaban J connectivity index is 2.12. The highest BCUT2D eigenvalue weighted by molar-refractivity contribution is 5.18. The molecule has 2 heteroatoms. The van der Waals surface area contributed by atoms with Crippen LogP contribution in [-0.2, 0) is 0 Å². The number of nitrogens with one attached hydrogen (secondary N) is 1. The maximum Gasteiger partial charge on any atom is 0.0168 e. The van der Waals surface area contributed by atoms with Crippen LogP contribution in [0.5, 0.6) is 0 Å². The first kappa shape index (κ1) is 7.32. The highest BCUT2D eigenvalue weighted by Crippen LogP contribution is 2.31. The first-order chi connectivity index (χ1) is 5.42. The summed E-state index contributed by atoms with van der Waals surface area (Å²) in [6.45, 7) is 3.14. The minimum atomic E-state index is 0.755. The van der Waals surface area contributed by atoms with Crippen LogP contribution in [0.25, 0.3) is 0 Å². The van der Waals surface area contributed by atoms with E-state index in [1.54, 1.807) is 5.57 Å². The Labute approximate surface area is 67.8 Å². The highest BCUT2D eigenvalue weighted by Gasteiger charge is 2.29. The normalized spacial score (nSPS) is 36.6. The summed E-state index contributed by atoms with van der Waals surface area (Å²) in [5.41, 5.74) is 7.32. The van der Waals surface area contributed by atoms with Crippen LogP contribution in [0.2, 0.25) is 0 Å². The molecule has 1 aliphatic heterocycles. The summed E-state index contributed by atoms with van der Waals surface area (Å²) < 4.78 is 0. The average Bonchev–Trinajstić information content (AvgIpc) is 2.50. The Morgan fingerprint density at radius 3 is 3.36 bits per heavy atom. The van der Waals surface area contributed by atoms with Crippen LogP contribution in [0.4, 0.5) is 0 Å². The third-order valence-corrected chi connectivity index (χ3v) is 2.99. The second kappa shape index (κ2) is 2.95. The van der Waals surface area contributed by atoms with Gasteiger partial charge in [0, 0.05) is 13.1 Å². The van der Waals surface area contributed by atoms with Gasteiger partial charge in [-0.25, -0.2) is 0 Å². The maximum absolute atomic E-state index is 5.70. The van der Waals surface area contributed by atoms with E-state index in [0.717, 1.165) is 31.5 Å². The molecule has 2 unspecified atom stereocenters. The topological polar surface area (TPSA) is 38.0 Å². The summed E-state index contributed by atoms with van der Waals surface area (Å²) in [6.07, 6.45) is 4.94. The van der Waals surface area contributed by atoms with E-state index in [2.05, 4.69) is 11.4 Å². The first-order valence-corrected chi connectivity index (χ1v) is 4.51. The van der Waals surface area contributed by atoms with Crippen molar-refractivity contribution in [2.75, 3.05) is 19.6 Å². The molecule has 0 saturated carbocycles. The molecule has 1 heterocycles. The fourth-order valence-corrected chi connectivity index (χ4v) is 2.29. The van der Waals surface area contributed by atoms with Crippen LogP contribution in [0.1, 0.15) is 12.8 Å². The number of hydrogen-bond acceptors (Lipinski definition) is 2. The van der Waals surface area contributed by atoms with Gasteiger partial charge in [0.15, 0.2) is 0 Å². The van der Waals surface area contributed by atoms with Crippen molar-refractivity contribution in [2.45, 2.75) is 12.8 Å². The van der Waals surface area contributed by atoms with Crippen molar-refractivity contribution in [3.8, 4) is 0 Å². The lowest BCUT2D eigenvalue weighted by Crippen LogP contribution is -2.27. The molecule has 0 amide bonds. The third kappa shape index (κ3) is 1.21. The second-order valence-electron chi connectivity index (χ2n) is 3.59. The lowest BCUT2D eigenvalue weighted by Gasteiger charge is -2.26. The molecule has 2 rings (SSSR count). The number of allylic oxidation sites excluding steroid dienone is 1. The zero-order valence-electron chi connectivity index (χ0n) is 6.84. The van der Waals surface area contributed by atoms with Crippen molar-refractivity contribution >= 4 is 0 Å². The zero-order valence-corrected chi connectivity index (χ0v) is 6.84. The molecule has 1 fully saturated rings. The smallest absolute Gasteiger partial charge is 0.0168 e. The predicted octanol–water partition coefficient (Wildman–Crippen LogP) is 0.501. The van der Waals surface area contributed by atoms with Gasteiger partial charge in [-0.15, -0.1) is 0 Å². The molecule has 11 heavy (non-hydrogen) atoms. The van der Waals surface area contributed by atoms with E-state index in [9.17, 15) is 0 Å². The molecule has 1 saturated heterocycles. The molecule has 0 bridgehead atoms. The van der Waals surface area contributed by atoms with E-state index >= 15 is 0 Å². The van der Waals surface area contributed by atoms with Crippen molar-refractivity contribution in [3.05, 3.63) is 11.6 Å². The Morgan fingerprint density at radius 2 is 2.55 bits per heavy atom. The summed E-state index contributed by atoms with van der Waals surface area (Å²) in [5.74, 6) is 1.53. The van der Waals surface area contributed by atoms with Gasteiger partial charge in [-0.05, 0) is 31.2 Å². The van der Waals surface area contributed by atoms with Gasteiger partial charge in [-0.1, -0.05) is 11.6 Å². The lowest BCUT2D eigenvalue weighted by molar-refractivity contribution is 0.368. The van der Waals surface area contributed by atoms with E-state index in [0.29, 0.717) is 0 Å². The number of hydrogen-bond donors (Lipinski definition) is 2. The van der Waals surface area contributed by atoms with Crippen LogP contribution in [0.3, 0.4) is 0 Å². The van der Waals surface area contributed by atoms with E-state index < -0.39 is 0 Å². The summed E-state index contributed by atoms with van der Waals surface area (Å²) in [7, 11) is 0. The van der Waals surface area contributed by atoms with E-state index in [4.69, 9.17) is 5.73 Å². The predicted molar refractivity (Wildman–Crippen MR) is 46.2 cm³/mol. The molecule has 2 aliphatic rings. The van der Waals surface area contributed by atoms with Gasteiger partial charge < -0.3 is 11.1 Å². The molecule has 0 aromatic carbocycles. The summed E-state index contributed by atoms with van der Waals surface area (Å²) in [5, 5.41) is 3.40. The maximum atomic E-state index is 5.70. The van der Waals surface area contributed by atoms with Crippen LogP contribution >= 0.6 is 0 Å². The fraction of sp³-hybridized carbons (Fsp3) is 0.778. The quantitative estimate of drug-likeness (QED) is 0.537. The summed E-state index contributed by atoms with van der Waals surface area (Å²) in [6, 6.07) is 0. The summed E-state index contributed by atoms with van der Waals surface area (Å²) in [4.78, 5) is 0. The van der Waals surface area contributed by atoms with Gasteiger partial charge >= 0.3 is 0 Å². The van der Waals surface area contributed by atoms with Gasteiger partial charge in [0.25, 0.3) is 0 Å². The first-order valence-electron chi connectivity index (χ1n) is 4.51. The Hall–Kier alpha value is -0.340. The second-order valence-corrected chi connectivity index (χ2v) is 3.59. The monoisotopic (exact) mass is 152 g/mol. The molecule has 2 nitrogen and oxygen atoms in total. The largest absolute Gasteiger partial charge is 0.330 e. The Kier molecular flexibility index (Phi) is 1.96. The van der Waals surface area contributed by atoms with Gasteiger partial charge in [0.05, 0.1) is 0 Å². The molecule has 0 radical (unpaired) electrons. The van der Waals surface area contributed by atoms with E-state index in [1.807, 2.05) is 0 Å². The Morgan fingerprint density at radius 1 is 1.64 bits per heavy atom. The zero-order chi connectivity index (χ0) is 7.68. The molecule has 0 spiro atoms.